The Kier molecular flexibility index (Phi) is 3.92. The minimum atomic E-state index is -0.272. The van der Waals surface area contributed by atoms with E-state index in [0.29, 0.717) is 21.7 Å². The Labute approximate surface area is 137 Å². The Balaban J connectivity index is 2.00. The van der Waals surface area contributed by atoms with Crippen LogP contribution in [-0.2, 0) is 9.59 Å². The average molecular weight is 334 g/mol. The Morgan fingerprint density at radius 1 is 1.32 bits per heavy atom. The molecule has 0 aliphatic carbocycles. The number of amides is 1. The van der Waals surface area contributed by atoms with Crippen LogP contribution in [0.5, 0.6) is 5.75 Å². The Bertz CT molecular complexity index is 714. The van der Waals surface area contributed by atoms with Crippen LogP contribution in [0.4, 0.5) is 5.69 Å². The molecule has 0 atom stereocenters. The first kappa shape index (κ1) is 15.1. The molecule has 1 saturated heterocycles. The summed E-state index contributed by atoms with van der Waals surface area (Å²) in [7, 11) is 0. The number of ketones is 1. The second-order valence-electron chi connectivity index (χ2n) is 4.91. The Morgan fingerprint density at radius 2 is 2.05 bits per heavy atom. The molecular formula is C15H14N2O3S2. The lowest BCUT2D eigenvalue weighted by Crippen LogP contribution is -2.33. The molecule has 5 nitrogen and oxygen atoms in total. The molecule has 0 saturated carbocycles. The van der Waals surface area contributed by atoms with Gasteiger partial charge in [-0.15, -0.1) is 0 Å². The molecule has 0 bridgehead atoms. The lowest BCUT2D eigenvalue weighted by Gasteiger charge is -2.17. The van der Waals surface area contributed by atoms with Crippen LogP contribution in [-0.4, -0.2) is 34.0 Å². The van der Waals surface area contributed by atoms with Crippen LogP contribution >= 0.6 is 24.0 Å². The highest BCUT2D eigenvalue weighted by molar-refractivity contribution is 8.26. The molecule has 22 heavy (non-hydrogen) atoms. The highest BCUT2D eigenvalue weighted by Gasteiger charge is 2.40. The van der Waals surface area contributed by atoms with Crippen molar-refractivity contribution < 1.29 is 14.3 Å². The molecular weight excluding hydrogens is 320 g/mol. The smallest absolute Gasteiger partial charge is 0.272 e. The number of ether oxygens (including phenoxy) is 1. The third-order valence-corrected chi connectivity index (χ3v) is 4.77. The van der Waals surface area contributed by atoms with Crippen molar-refractivity contribution in [2.24, 2.45) is 0 Å². The number of hydrogen-bond acceptors (Lipinski definition) is 6. The molecule has 7 heteroatoms. The third-order valence-electron chi connectivity index (χ3n) is 3.35. The summed E-state index contributed by atoms with van der Waals surface area (Å²) in [6.07, 6.45) is 0. The van der Waals surface area contributed by atoms with Crippen LogP contribution in [0.3, 0.4) is 0 Å². The predicted octanol–water partition coefficient (Wildman–Crippen LogP) is 2.52. The van der Waals surface area contributed by atoms with Crippen molar-refractivity contribution in [3.63, 3.8) is 0 Å². The number of carbonyl (C=O) groups is 2. The first-order valence-corrected chi connectivity index (χ1v) is 8.07. The zero-order chi connectivity index (χ0) is 15.9. The first-order valence-electron chi connectivity index (χ1n) is 6.84. The molecule has 0 spiro atoms. The van der Waals surface area contributed by atoms with Crippen molar-refractivity contribution in [2.75, 3.05) is 18.0 Å². The van der Waals surface area contributed by atoms with Gasteiger partial charge in [0, 0.05) is 6.54 Å². The molecule has 2 heterocycles. The van der Waals surface area contributed by atoms with Gasteiger partial charge in [-0.05, 0) is 37.7 Å². The maximum absolute atomic E-state index is 12.6. The van der Waals surface area contributed by atoms with Crippen molar-refractivity contribution >= 4 is 45.7 Å². The molecule has 114 valence electrons. The Morgan fingerprint density at radius 3 is 2.73 bits per heavy atom. The molecule has 0 radical (unpaired) electrons. The number of benzene rings is 1. The molecule has 3 rings (SSSR count). The molecule has 2 aliphatic rings. The van der Waals surface area contributed by atoms with Crippen LogP contribution < -0.4 is 9.64 Å². The minimum absolute atomic E-state index is 0.000516. The van der Waals surface area contributed by atoms with E-state index in [1.165, 1.54) is 23.6 Å². The van der Waals surface area contributed by atoms with E-state index in [4.69, 9.17) is 17.0 Å². The van der Waals surface area contributed by atoms with Gasteiger partial charge in [0.2, 0.25) is 5.88 Å². The summed E-state index contributed by atoms with van der Waals surface area (Å²) < 4.78 is 6.25. The summed E-state index contributed by atoms with van der Waals surface area (Å²) >= 11 is 6.40. The number of hydrogen-bond donors (Lipinski definition) is 0. The summed E-state index contributed by atoms with van der Waals surface area (Å²) in [5, 5.41) is 0. The molecule has 1 fully saturated rings. The summed E-state index contributed by atoms with van der Waals surface area (Å²) in [4.78, 5) is 27.5. The van der Waals surface area contributed by atoms with Crippen LogP contribution in [0.2, 0.25) is 0 Å². The number of nitrogens with zero attached hydrogens (tertiary/aromatic N) is 2. The standard InChI is InChI=1S/C15H14N2O3S2/c1-3-16-10-6-4-5-7-11(10)20-14(16)12-13(19)17(8-9(2)18)15(21)22-12/h4-7H,3,8H2,1-2H3/b14-12+. The number of fused-ring (bicyclic) bond motifs is 1. The second kappa shape index (κ2) is 5.73. The van der Waals surface area contributed by atoms with Crippen molar-refractivity contribution in [2.45, 2.75) is 13.8 Å². The lowest BCUT2D eigenvalue weighted by atomic mass is 10.3. The Hall–Kier alpha value is -1.86. The summed E-state index contributed by atoms with van der Waals surface area (Å²) in [6.45, 7) is 4.09. The predicted molar refractivity (Wildman–Crippen MR) is 89.7 cm³/mol. The highest BCUT2D eigenvalue weighted by Crippen LogP contribution is 2.43. The fourth-order valence-electron chi connectivity index (χ4n) is 2.40. The topological polar surface area (TPSA) is 49.9 Å². The fraction of sp³-hybridized carbons (Fsp3) is 0.267. The SMILES string of the molecule is CCN1/C(=C2\SC(=S)N(CC(C)=O)C2=O)Oc2ccccc21. The van der Waals surface area contributed by atoms with Crippen LogP contribution in [0, 0.1) is 0 Å². The maximum atomic E-state index is 12.6. The molecule has 0 unspecified atom stereocenters. The summed E-state index contributed by atoms with van der Waals surface area (Å²) in [5.74, 6) is 0.834. The van der Waals surface area contributed by atoms with Crippen molar-refractivity contribution in [3.8, 4) is 5.75 Å². The fourth-order valence-corrected chi connectivity index (χ4v) is 3.67. The zero-order valence-corrected chi connectivity index (χ0v) is 13.8. The highest BCUT2D eigenvalue weighted by atomic mass is 32.2. The van der Waals surface area contributed by atoms with Gasteiger partial charge in [-0.1, -0.05) is 24.4 Å². The van der Waals surface area contributed by atoms with Gasteiger partial charge in [-0.3, -0.25) is 14.5 Å². The normalized spacial score (nSPS) is 20.5. The summed E-state index contributed by atoms with van der Waals surface area (Å²) in [5.41, 5.74) is 0.928. The monoisotopic (exact) mass is 334 g/mol. The average Bonchev–Trinajstić information content (AvgIpc) is 2.98. The van der Waals surface area contributed by atoms with Crippen molar-refractivity contribution in [1.29, 1.82) is 0 Å². The van der Waals surface area contributed by atoms with E-state index in [0.717, 1.165) is 11.4 Å². The molecule has 1 aromatic rings. The first-order chi connectivity index (χ1) is 10.5. The van der Waals surface area contributed by atoms with E-state index < -0.39 is 0 Å². The molecule has 0 N–H and O–H groups in total. The van der Waals surface area contributed by atoms with Gasteiger partial charge >= 0.3 is 0 Å². The van der Waals surface area contributed by atoms with E-state index in [1.807, 2.05) is 36.1 Å². The van der Waals surface area contributed by atoms with Crippen LogP contribution in [0.1, 0.15) is 13.8 Å². The number of rotatable bonds is 3. The van der Waals surface area contributed by atoms with E-state index in [1.54, 1.807) is 0 Å². The van der Waals surface area contributed by atoms with Gasteiger partial charge in [0.15, 0.2) is 5.75 Å². The van der Waals surface area contributed by atoms with Gasteiger partial charge in [0.25, 0.3) is 5.91 Å². The summed E-state index contributed by atoms with van der Waals surface area (Å²) in [6, 6.07) is 7.62. The van der Waals surface area contributed by atoms with Gasteiger partial charge < -0.3 is 9.64 Å². The molecule has 0 aromatic heterocycles. The van der Waals surface area contributed by atoms with Gasteiger partial charge in [0.05, 0.1) is 12.2 Å². The van der Waals surface area contributed by atoms with Crippen molar-refractivity contribution in [3.05, 3.63) is 35.1 Å². The molecule has 1 amide bonds. The second-order valence-corrected chi connectivity index (χ2v) is 6.55. The van der Waals surface area contributed by atoms with E-state index >= 15 is 0 Å². The zero-order valence-electron chi connectivity index (χ0n) is 12.2. The third kappa shape index (κ3) is 2.40. The minimum Gasteiger partial charge on any atom is -0.437 e. The van der Waals surface area contributed by atoms with E-state index in [9.17, 15) is 9.59 Å². The number of para-hydroxylation sites is 2. The quantitative estimate of drug-likeness (QED) is 0.625. The maximum Gasteiger partial charge on any atom is 0.272 e. The number of anilines is 1. The number of thiocarbonyl (C=S) groups is 1. The number of Topliss-reactive ketones (excluding diaryl/α,β-unsaturated/α-hetero) is 1. The molecule has 2 aliphatic heterocycles. The van der Waals surface area contributed by atoms with Gasteiger partial charge in [0.1, 0.15) is 15.0 Å². The van der Waals surface area contributed by atoms with Crippen LogP contribution in [0.15, 0.2) is 35.1 Å². The van der Waals surface area contributed by atoms with E-state index in [2.05, 4.69) is 0 Å². The van der Waals surface area contributed by atoms with Crippen LogP contribution in [0.25, 0.3) is 0 Å². The number of carbonyl (C=O) groups excluding carboxylic acids is 2. The molecule has 1 aromatic carbocycles. The lowest BCUT2D eigenvalue weighted by molar-refractivity contribution is -0.127. The van der Waals surface area contributed by atoms with Crippen molar-refractivity contribution in [1.82, 2.24) is 4.90 Å². The largest absolute Gasteiger partial charge is 0.437 e. The van der Waals surface area contributed by atoms with Gasteiger partial charge in [-0.2, -0.15) is 0 Å². The number of thioether (sulfide) groups is 1. The van der Waals surface area contributed by atoms with E-state index in [-0.39, 0.29) is 18.2 Å². The van der Waals surface area contributed by atoms with Gasteiger partial charge in [-0.25, -0.2) is 0 Å².